The Labute approximate surface area is 116 Å². The second kappa shape index (κ2) is 5.40. The molecule has 1 aromatic rings. The predicted molar refractivity (Wildman–Crippen MR) is 65.9 cm³/mol. The summed E-state index contributed by atoms with van der Waals surface area (Å²) < 4.78 is 41.2. The van der Waals surface area contributed by atoms with Gasteiger partial charge in [0.2, 0.25) is 0 Å². The van der Waals surface area contributed by atoms with Crippen LogP contribution in [0.2, 0.25) is 0 Å². The molecule has 0 saturated heterocycles. The van der Waals surface area contributed by atoms with Gasteiger partial charge in [-0.25, -0.2) is 0 Å². The zero-order chi connectivity index (χ0) is 14.0. The van der Waals surface area contributed by atoms with E-state index in [1.54, 1.807) is 0 Å². The fourth-order valence-corrected chi connectivity index (χ4v) is 2.07. The van der Waals surface area contributed by atoms with E-state index in [2.05, 4.69) is 26.0 Å². The van der Waals surface area contributed by atoms with Gasteiger partial charge in [-0.1, -0.05) is 15.9 Å². The van der Waals surface area contributed by atoms with Crippen LogP contribution >= 0.6 is 15.9 Å². The van der Waals surface area contributed by atoms with E-state index in [-0.39, 0.29) is 11.6 Å². The van der Waals surface area contributed by atoms with Crippen LogP contribution in [0.4, 0.5) is 13.2 Å². The lowest BCUT2D eigenvalue weighted by Crippen LogP contribution is -2.39. The molecular formula is C12H11BrF3NO2. The van der Waals surface area contributed by atoms with Crippen molar-refractivity contribution in [2.75, 3.05) is 0 Å². The number of carbonyl (C=O) groups excluding carboxylic acids is 1. The van der Waals surface area contributed by atoms with Crippen LogP contribution in [-0.2, 0) is 0 Å². The fraction of sp³-hybridized carbons (Fsp3) is 0.417. The number of halogens is 4. The van der Waals surface area contributed by atoms with Gasteiger partial charge < -0.3 is 10.1 Å². The maximum Gasteiger partial charge on any atom is 0.573 e. The molecule has 0 aliphatic heterocycles. The van der Waals surface area contributed by atoms with Gasteiger partial charge in [0.05, 0.1) is 5.56 Å². The van der Waals surface area contributed by atoms with Gasteiger partial charge >= 0.3 is 6.36 Å². The van der Waals surface area contributed by atoms with Crippen molar-refractivity contribution >= 4 is 21.8 Å². The number of rotatable bonds is 3. The smallest absolute Gasteiger partial charge is 0.405 e. The van der Waals surface area contributed by atoms with E-state index in [1.165, 1.54) is 12.1 Å². The zero-order valence-electron chi connectivity index (χ0n) is 9.76. The van der Waals surface area contributed by atoms with Gasteiger partial charge in [0.1, 0.15) is 5.75 Å². The number of ether oxygens (including phenoxy) is 1. The molecule has 7 heteroatoms. The molecule has 3 nitrogen and oxygen atoms in total. The van der Waals surface area contributed by atoms with Gasteiger partial charge in [0.25, 0.3) is 5.91 Å². The van der Waals surface area contributed by atoms with E-state index in [1.807, 2.05) is 0 Å². The van der Waals surface area contributed by atoms with Crippen molar-refractivity contribution in [3.63, 3.8) is 0 Å². The van der Waals surface area contributed by atoms with E-state index in [4.69, 9.17) is 0 Å². The number of amides is 1. The highest BCUT2D eigenvalue weighted by Crippen LogP contribution is 2.29. The second-order valence-corrected chi connectivity index (χ2v) is 5.21. The van der Waals surface area contributed by atoms with Crippen LogP contribution in [0.3, 0.4) is 0 Å². The largest absolute Gasteiger partial charge is 0.573 e. The van der Waals surface area contributed by atoms with Crippen molar-refractivity contribution in [1.29, 1.82) is 0 Å². The zero-order valence-corrected chi connectivity index (χ0v) is 11.3. The van der Waals surface area contributed by atoms with Gasteiger partial charge in [-0.05, 0) is 37.5 Å². The minimum Gasteiger partial charge on any atom is -0.405 e. The topological polar surface area (TPSA) is 38.3 Å². The first-order chi connectivity index (χ1) is 8.85. The molecule has 0 heterocycles. The third-order valence-corrected chi connectivity index (χ3v) is 3.35. The Balaban J connectivity index is 2.20. The SMILES string of the molecule is O=C(NC1CCC1)c1cc(Br)ccc1OC(F)(F)F. The normalized spacial score (nSPS) is 15.8. The van der Waals surface area contributed by atoms with Crippen LogP contribution in [0.1, 0.15) is 29.6 Å². The van der Waals surface area contributed by atoms with Crippen LogP contribution in [-0.4, -0.2) is 18.3 Å². The molecule has 19 heavy (non-hydrogen) atoms. The summed E-state index contributed by atoms with van der Waals surface area (Å²) in [4.78, 5) is 11.9. The highest BCUT2D eigenvalue weighted by atomic mass is 79.9. The summed E-state index contributed by atoms with van der Waals surface area (Å²) in [7, 11) is 0. The summed E-state index contributed by atoms with van der Waals surface area (Å²) in [5, 5.41) is 2.68. The summed E-state index contributed by atoms with van der Waals surface area (Å²) >= 11 is 3.12. The fourth-order valence-electron chi connectivity index (χ4n) is 1.71. The van der Waals surface area contributed by atoms with Crippen molar-refractivity contribution in [3.05, 3.63) is 28.2 Å². The van der Waals surface area contributed by atoms with Crippen molar-refractivity contribution < 1.29 is 22.7 Å². The molecule has 1 aliphatic carbocycles. The maximum atomic E-state index is 12.3. The first-order valence-electron chi connectivity index (χ1n) is 5.71. The summed E-state index contributed by atoms with van der Waals surface area (Å²) in [6.07, 6.45) is -2.08. The number of nitrogens with one attached hydrogen (secondary N) is 1. The van der Waals surface area contributed by atoms with E-state index in [0.717, 1.165) is 25.3 Å². The predicted octanol–water partition coefficient (Wildman–Crippen LogP) is 3.63. The molecule has 0 aromatic heterocycles. The summed E-state index contributed by atoms with van der Waals surface area (Å²) in [6.45, 7) is 0. The van der Waals surface area contributed by atoms with Crippen molar-refractivity contribution in [2.24, 2.45) is 0 Å². The number of benzene rings is 1. The van der Waals surface area contributed by atoms with E-state index >= 15 is 0 Å². The molecule has 104 valence electrons. The highest BCUT2D eigenvalue weighted by molar-refractivity contribution is 9.10. The second-order valence-electron chi connectivity index (χ2n) is 4.29. The third-order valence-electron chi connectivity index (χ3n) is 2.85. The average molecular weight is 338 g/mol. The Bertz CT molecular complexity index is 486. The van der Waals surface area contributed by atoms with Crippen LogP contribution in [0.15, 0.2) is 22.7 Å². The third kappa shape index (κ3) is 3.86. The molecular weight excluding hydrogens is 327 g/mol. The molecule has 0 bridgehead atoms. The average Bonchev–Trinajstić information content (AvgIpc) is 2.24. The highest BCUT2D eigenvalue weighted by Gasteiger charge is 2.33. The Morgan fingerprint density at radius 1 is 1.37 bits per heavy atom. The molecule has 0 unspecified atom stereocenters. The van der Waals surface area contributed by atoms with Gasteiger partial charge in [0.15, 0.2) is 0 Å². The lowest BCUT2D eigenvalue weighted by Gasteiger charge is -2.26. The first kappa shape index (κ1) is 14.2. The number of alkyl halides is 3. The first-order valence-corrected chi connectivity index (χ1v) is 6.50. The van der Waals surface area contributed by atoms with Crippen molar-refractivity contribution in [2.45, 2.75) is 31.7 Å². The number of hydrogen-bond donors (Lipinski definition) is 1. The molecule has 0 radical (unpaired) electrons. The number of carbonyl (C=O) groups is 1. The summed E-state index contributed by atoms with van der Waals surface area (Å²) in [6, 6.07) is 3.87. The van der Waals surface area contributed by atoms with E-state index in [9.17, 15) is 18.0 Å². The van der Waals surface area contributed by atoms with Gasteiger partial charge in [-0.2, -0.15) is 0 Å². The van der Waals surface area contributed by atoms with Gasteiger partial charge in [0, 0.05) is 10.5 Å². The van der Waals surface area contributed by atoms with Gasteiger partial charge in [-0.3, -0.25) is 4.79 Å². The minimum absolute atomic E-state index is 0.0465. The molecule has 1 fully saturated rings. The Hall–Kier alpha value is -1.24. The molecule has 1 N–H and O–H groups in total. The lowest BCUT2D eigenvalue weighted by molar-refractivity contribution is -0.274. The molecule has 0 atom stereocenters. The standard InChI is InChI=1S/C12H11BrF3NO2/c13-7-4-5-10(19-12(14,15)16)9(6-7)11(18)17-8-2-1-3-8/h4-6,8H,1-3H2,(H,17,18). The molecule has 2 rings (SSSR count). The Morgan fingerprint density at radius 2 is 2.05 bits per heavy atom. The van der Waals surface area contributed by atoms with Crippen LogP contribution in [0.25, 0.3) is 0 Å². The van der Waals surface area contributed by atoms with E-state index < -0.39 is 18.0 Å². The van der Waals surface area contributed by atoms with Crippen molar-refractivity contribution in [3.8, 4) is 5.75 Å². The Kier molecular flexibility index (Phi) is 4.03. The molecule has 1 aromatic carbocycles. The Morgan fingerprint density at radius 3 is 2.58 bits per heavy atom. The molecule has 0 spiro atoms. The van der Waals surface area contributed by atoms with Gasteiger partial charge in [-0.15, -0.1) is 13.2 Å². The minimum atomic E-state index is -4.82. The monoisotopic (exact) mass is 337 g/mol. The quantitative estimate of drug-likeness (QED) is 0.914. The van der Waals surface area contributed by atoms with E-state index in [0.29, 0.717) is 4.47 Å². The molecule has 1 saturated carbocycles. The maximum absolute atomic E-state index is 12.3. The summed E-state index contributed by atoms with van der Waals surface area (Å²) in [5.41, 5.74) is -0.126. The van der Waals surface area contributed by atoms with Crippen LogP contribution < -0.4 is 10.1 Å². The molecule has 1 aliphatic rings. The summed E-state index contributed by atoms with van der Waals surface area (Å²) in [5.74, 6) is -1.04. The number of hydrogen-bond acceptors (Lipinski definition) is 2. The lowest BCUT2D eigenvalue weighted by atomic mass is 9.93. The van der Waals surface area contributed by atoms with Crippen LogP contribution in [0.5, 0.6) is 5.75 Å². The molecule has 1 amide bonds. The van der Waals surface area contributed by atoms with Crippen molar-refractivity contribution in [1.82, 2.24) is 5.32 Å². The van der Waals surface area contributed by atoms with Crippen LogP contribution in [0, 0.1) is 0 Å².